The van der Waals surface area contributed by atoms with Gasteiger partial charge in [-0.3, -0.25) is 0 Å². The maximum absolute atomic E-state index is 11.3. The lowest BCUT2D eigenvalue weighted by atomic mass is 9.77. The highest BCUT2D eigenvalue weighted by molar-refractivity contribution is 5.87. The average Bonchev–Trinajstić information content (AvgIpc) is 2.20. The average molecular weight is 246 g/mol. The smallest absolute Gasteiger partial charge is 0.333 e. The van der Waals surface area contributed by atoms with Crippen LogP contribution in [0.4, 0.5) is 11.4 Å². The molecular formula is C14H18N2O2. The lowest BCUT2D eigenvalue weighted by molar-refractivity contribution is -0.148. The normalized spacial score (nSPS) is 22.1. The van der Waals surface area contributed by atoms with Gasteiger partial charge in [-0.2, -0.15) is 0 Å². The molecule has 0 heterocycles. The Morgan fingerprint density at radius 2 is 1.83 bits per heavy atom. The molecule has 1 aliphatic rings. The van der Waals surface area contributed by atoms with Crippen molar-refractivity contribution in [1.82, 2.24) is 0 Å². The van der Waals surface area contributed by atoms with E-state index in [1.165, 1.54) is 0 Å². The molecule has 0 radical (unpaired) electrons. The number of anilines is 2. The number of carbonyl (C=O) groups is 1. The Hall–Kier alpha value is -1.97. The zero-order valence-electron chi connectivity index (χ0n) is 10.5. The first kappa shape index (κ1) is 12.5. The summed E-state index contributed by atoms with van der Waals surface area (Å²) >= 11 is 0. The summed E-state index contributed by atoms with van der Waals surface area (Å²) in [6.07, 6.45) is 1.63. The molecule has 0 aliphatic heterocycles. The molecule has 2 rings (SSSR count). The Morgan fingerprint density at radius 1 is 1.28 bits per heavy atom. The van der Waals surface area contributed by atoms with E-state index in [4.69, 9.17) is 16.2 Å². The summed E-state index contributed by atoms with van der Waals surface area (Å²) < 4.78 is 5.26. The SMILES string of the molecule is C=C(C)C(=O)OC1CC(c2cc(N)cc(N)c2)C1. The fourth-order valence-corrected chi connectivity index (χ4v) is 2.12. The van der Waals surface area contributed by atoms with Crippen molar-refractivity contribution in [2.75, 3.05) is 11.5 Å². The first-order chi connectivity index (χ1) is 8.45. The molecule has 0 unspecified atom stereocenters. The molecule has 1 aliphatic carbocycles. The molecule has 4 nitrogen and oxygen atoms in total. The minimum atomic E-state index is -0.314. The van der Waals surface area contributed by atoms with Gasteiger partial charge in [0.1, 0.15) is 6.10 Å². The van der Waals surface area contributed by atoms with Crippen LogP contribution in [0.5, 0.6) is 0 Å². The van der Waals surface area contributed by atoms with E-state index in [2.05, 4.69) is 6.58 Å². The van der Waals surface area contributed by atoms with E-state index in [0.717, 1.165) is 18.4 Å². The fourth-order valence-electron chi connectivity index (χ4n) is 2.12. The monoisotopic (exact) mass is 246 g/mol. The number of nitrogens with two attached hydrogens (primary N) is 2. The molecule has 1 aromatic carbocycles. The van der Waals surface area contributed by atoms with Crippen molar-refractivity contribution < 1.29 is 9.53 Å². The molecular weight excluding hydrogens is 228 g/mol. The van der Waals surface area contributed by atoms with Gasteiger partial charge in [0, 0.05) is 16.9 Å². The highest BCUT2D eigenvalue weighted by atomic mass is 16.5. The van der Waals surface area contributed by atoms with Gasteiger partial charge in [-0.05, 0) is 49.4 Å². The van der Waals surface area contributed by atoms with Crippen LogP contribution in [0.25, 0.3) is 0 Å². The summed E-state index contributed by atoms with van der Waals surface area (Å²) in [5, 5.41) is 0. The maximum atomic E-state index is 11.3. The molecule has 1 saturated carbocycles. The van der Waals surface area contributed by atoms with Crippen molar-refractivity contribution >= 4 is 17.3 Å². The van der Waals surface area contributed by atoms with E-state index in [9.17, 15) is 4.79 Å². The quantitative estimate of drug-likeness (QED) is 0.487. The van der Waals surface area contributed by atoms with Crippen LogP contribution in [0.15, 0.2) is 30.4 Å². The number of esters is 1. The van der Waals surface area contributed by atoms with Crippen molar-refractivity contribution in [2.45, 2.75) is 31.8 Å². The van der Waals surface area contributed by atoms with E-state index in [-0.39, 0.29) is 12.1 Å². The molecule has 0 saturated heterocycles. The van der Waals surface area contributed by atoms with Gasteiger partial charge in [0.2, 0.25) is 0 Å². The highest BCUT2D eigenvalue weighted by Crippen LogP contribution is 2.40. The number of hydrogen-bond acceptors (Lipinski definition) is 4. The van der Waals surface area contributed by atoms with Gasteiger partial charge in [0.05, 0.1) is 0 Å². The lowest BCUT2D eigenvalue weighted by Crippen LogP contribution is -2.32. The number of ether oxygens (including phenoxy) is 1. The second-order valence-corrected chi connectivity index (χ2v) is 4.91. The Labute approximate surface area is 107 Å². The number of hydrogen-bond donors (Lipinski definition) is 2. The third-order valence-corrected chi connectivity index (χ3v) is 3.19. The molecule has 4 heteroatoms. The number of benzene rings is 1. The summed E-state index contributed by atoms with van der Waals surface area (Å²) in [6, 6.07) is 5.59. The van der Waals surface area contributed by atoms with Gasteiger partial charge in [0.25, 0.3) is 0 Å². The van der Waals surface area contributed by atoms with Crippen LogP contribution in [0.3, 0.4) is 0 Å². The van der Waals surface area contributed by atoms with E-state index in [1.54, 1.807) is 13.0 Å². The second kappa shape index (κ2) is 4.72. The second-order valence-electron chi connectivity index (χ2n) is 4.91. The Bertz CT molecular complexity index is 470. The van der Waals surface area contributed by atoms with Gasteiger partial charge in [-0.15, -0.1) is 0 Å². The van der Waals surface area contributed by atoms with E-state index < -0.39 is 0 Å². The van der Waals surface area contributed by atoms with Crippen LogP contribution in [0, 0.1) is 0 Å². The summed E-state index contributed by atoms with van der Waals surface area (Å²) in [5.41, 5.74) is 14.4. The first-order valence-electron chi connectivity index (χ1n) is 5.98. The standard InChI is InChI=1S/C14H18N2O2/c1-8(2)14(17)18-13-5-10(6-13)9-3-11(15)7-12(16)4-9/h3-4,7,10,13H,1,5-6,15-16H2,2H3. The van der Waals surface area contributed by atoms with Gasteiger partial charge in [-0.25, -0.2) is 4.79 Å². The van der Waals surface area contributed by atoms with Crippen molar-refractivity contribution in [1.29, 1.82) is 0 Å². The molecule has 96 valence electrons. The Kier molecular flexibility index (Phi) is 3.28. The van der Waals surface area contributed by atoms with E-state index in [0.29, 0.717) is 22.9 Å². The zero-order valence-corrected chi connectivity index (χ0v) is 10.5. The van der Waals surface area contributed by atoms with Crippen LogP contribution < -0.4 is 11.5 Å². The minimum Gasteiger partial charge on any atom is -0.459 e. The zero-order chi connectivity index (χ0) is 13.3. The van der Waals surface area contributed by atoms with Gasteiger partial charge in [-0.1, -0.05) is 6.58 Å². The lowest BCUT2D eigenvalue weighted by Gasteiger charge is -2.35. The topological polar surface area (TPSA) is 78.3 Å². The van der Waals surface area contributed by atoms with Gasteiger partial charge >= 0.3 is 5.97 Å². The summed E-state index contributed by atoms with van der Waals surface area (Å²) in [6.45, 7) is 5.21. The van der Waals surface area contributed by atoms with Crippen molar-refractivity contribution in [3.05, 3.63) is 35.9 Å². The van der Waals surface area contributed by atoms with Crippen LogP contribution in [-0.4, -0.2) is 12.1 Å². The van der Waals surface area contributed by atoms with Crippen LogP contribution in [0.2, 0.25) is 0 Å². The molecule has 1 fully saturated rings. The van der Waals surface area contributed by atoms with Gasteiger partial charge in [0.15, 0.2) is 0 Å². The largest absolute Gasteiger partial charge is 0.459 e. The molecule has 0 amide bonds. The Morgan fingerprint density at radius 3 is 2.33 bits per heavy atom. The van der Waals surface area contributed by atoms with Crippen LogP contribution in [0.1, 0.15) is 31.2 Å². The number of carbonyl (C=O) groups excluding carboxylic acids is 1. The highest BCUT2D eigenvalue weighted by Gasteiger charge is 2.33. The minimum absolute atomic E-state index is 0.0122. The maximum Gasteiger partial charge on any atom is 0.333 e. The fraction of sp³-hybridized carbons (Fsp3) is 0.357. The molecule has 0 atom stereocenters. The molecule has 0 aromatic heterocycles. The summed E-state index contributed by atoms with van der Waals surface area (Å²) in [4.78, 5) is 11.3. The van der Waals surface area contributed by atoms with E-state index in [1.807, 2.05) is 12.1 Å². The van der Waals surface area contributed by atoms with Gasteiger partial charge < -0.3 is 16.2 Å². The summed E-state index contributed by atoms with van der Waals surface area (Å²) in [5.74, 6) is 0.0595. The molecule has 4 N–H and O–H groups in total. The number of nitrogen functional groups attached to an aromatic ring is 2. The summed E-state index contributed by atoms with van der Waals surface area (Å²) in [7, 11) is 0. The number of rotatable bonds is 3. The van der Waals surface area contributed by atoms with Crippen molar-refractivity contribution in [3.8, 4) is 0 Å². The molecule has 18 heavy (non-hydrogen) atoms. The Balaban J connectivity index is 1.92. The predicted octanol–water partition coefficient (Wildman–Crippen LogP) is 2.22. The predicted molar refractivity (Wildman–Crippen MR) is 71.9 cm³/mol. The van der Waals surface area contributed by atoms with Crippen LogP contribution in [-0.2, 0) is 9.53 Å². The molecule has 0 spiro atoms. The van der Waals surface area contributed by atoms with Crippen LogP contribution >= 0.6 is 0 Å². The van der Waals surface area contributed by atoms with Crippen molar-refractivity contribution in [2.24, 2.45) is 0 Å². The molecule has 1 aromatic rings. The first-order valence-corrected chi connectivity index (χ1v) is 5.98. The third-order valence-electron chi connectivity index (χ3n) is 3.19. The van der Waals surface area contributed by atoms with E-state index >= 15 is 0 Å². The molecule has 0 bridgehead atoms. The third kappa shape index (κ3) is 2.64. The van der Waals surface area contributed by atoms with Crippen molar-refractivity contribution in [3.63, 3.8) is 0 Å².